The largest absolute Gasteiger partial charge is 0.468 e. The SMILES string of the molecule is Cc1cccc(CN(C)C(c2ccco2)C(C)N)n1. The summed E-state index contributed by atoms with van der Waals surface area (Å²) in [6.07, 6.45) is 1.68. The van der Waals surface area contributed by atoms with Crippen LogP contribution in [-0.4, -0.2) is 23.0 Å². The number of aryl methyl sites for hydroxylation is 1. The predicted molar refractivity (Wildman–Crippen MR) is 75.5 cm³/mol. The van der Waals surface area contributed by atoms with Crippen LogP contribution in [0.15, 0.2) is 41.0 Å². The Labute approximate surface area is 114 Å². The lowest BCUT2D eigenvalue weighted by Crippen LogP contribution is -2.36. The van der Waals surface area contributed by atoms with Crippen LogP contribution in [0.5, 0.6) is 0 Å². The van der Waals surface area contributed by atoms with Crippen molar-refractivity contribution in [2.24, 2.45) is 5.73 Å². The van der Waals surface area contributed by atoms with Gasteiger partial charge in [-0.1, -0.05) is 6.07 Å². The summed E-state index contributed by atoms with van der Waals surface area (Å²) in [7, 11) is 2.04. The zero-order chi connectivity index (χ0) is 13.8. The van der Waals surface area contributed by atoms with Crippen molar-refractivity contribution in [1.29, 1.82) is 0 Å². The molecule has 102 valence electrons. The van der Waals surface area contributed by atoms with Gasteiger partial charge >= 0.3 is 0 Å². The van der Waals surface area contributed by atoms with Crippen molar-refractivity contribution in [2.75, 3.05) is 7.05 Å². The molecule has 0 aromatic carbocycles. The zero-order valence-electron chi connectivity index (χ0n) is 11.7. The molecule has 2 aromatic rings. The Kier molecular flexibility index (Phi) is 4.35. The van der Waals surface area contributed by atoms with Crippen LogP contribution in [0.1, 0.15) is 30.1 Å². The third-order valence-corrected chi connectivity index (χ3v) is 3.16. The van der Waals surface area contributed by atoms with Gasteiger partial charge < -0.3 is 10.2 Å². The Hall–Kier alpha value is -1.65. The van der Waals surface area contributed by atoms with Crippen molar-refractivity contribution in [1.82, 2.24) is 9.88 Å². The summed E-state index contributed by atoms with van der Waals surface area (Å²) < 4.78 is 5.50. The van der Waals surface area contributed by atoms with Crippen molar-refractivity contribution in [3.63, 3.8) is 0 Å². The molecular formula is C15H21N3O. The molecule has 2 N–H and O–H groups in total. The molecule has 2 unspecified atom stereocenters. The Balaban J connectivity index is 2.14. The summed E-state index contributed by atoms with van der Waals surface area (Å²) in [5.41, 5.74) is 8.16. The van der Waals surface area contributed by atoms with Gasteiger partial charge in [-0.3, -0.25) is 9.88 Å². The van der Waals surface area contributed by atoms with Gasteiger partial charge in [0.15, 0.2) is 0 Å². The summed E-state index contributed by atoms with van der Waals surface area (Å²) >= 11 is 0. The van der Waals surface area contributed by atoms with Crippen molar-refractivity contribution in [3.05, 3.63) is 53.7 Å². The number of aromatic nitrogens is 1. The van der Waals surface area contributed by atoms with Gasteiger partial charge in [-0.25, -0.2) is 0 Å². The first kappa shape index (κ1) is 13.8. The Bertz CT molecular complexity index is 508. The van der Waals surface area contributed by atoms with E-state index < -0.39 is 0 Å². The highest BCUT2D eigenvalue weighted by atomic mass is 16.3. The lowest BCUT2D eigenvalue weighted by atomic mass is 10.1. The second-order valence-electron chi connectivity index (χ2n) is 5.00. The minimum Gasteiger partial charge on any atom is -0.468 e. The molecule has 19 heavy (non-hydrogen) atoms. The first-order valence-electron chi connectivity index (χ1n) is 6.49. The number of hydrogen-bond acceptors (Lipinski definition) is 4. The van der Waals surface area contributed by atoms with Crippen LogP contribution in [0.3, 0.4) is 0 Å². The van der Waals surface area contributed by atoms with Gasteiger partial charge in [-0.15, -0.1) is 0 Å². The smallest absolute Gasteiger partial charge is 0.122 e. The van der Waals surface area contributed by atoms with Crippen LogP contribution >= 0.6 is 0 Å². The molecule has 0 bridgehead atoms. The molecule has 0 amide bonds. The number of nitrogens with zero attached hydrogens (tertiary/aromatic N) is 2. The third-order valence-electron chi connectivity index (χ3n) is 3.16. The van der Waals surface area contributed by atoms with Crippen LogP contribution < -0.4 is 5.73 Å². The number of likely N-dealkylation sites (N-methyl/N-ethyl adjacent to an activating group) is 1. The van der Waals surface area contributed by atoms with Gasteiger partial charge in [-0.05, 0) is 45.2 Å². The Morgan fingerprint density at radius 1 is 1.32 bits per heavy atom. The molecule has 0 spiro atoms. The average molecular weight is 259 g/mol. The molecular weight excluding hydrogens is 238 g/mol. The molecule has 4 nitrogen and oxygen atoms in total. The van der Waals surface area contributed by atoms with E-state index in [1.54, 1.807) is 6.26 Å². The van der Waals surface area contributed by atoms with E-state index in [2.05, 4.69) is 9.88 Å². The fourth-order valence-corrected chi connectivity index (χ4v) is 2.38. The minimum absolute atomic E-state index is 0.0130. The van der Waals surface area contributed by atoms with Gasteiger partial charge in [0, 0.05) is 18.3 Å². The second kappa shape index (κ2) is 5.99. The molecule has 2 rings (SSSR count). The fourth-order valence-electron chi connectivity index (χ4n) is 2.38. The quantitative estimate of drug-likeness (QED) is 0.896. The summed E-state index contributed by atoms with van der Waals surface area (Å²) in [5, 5.41) is 0. The molecule has 0 saturated carbocycles. The average Bonchev–Trinajstić information content (AvgIpc) is 2.82. The Morgan fingerprint density at radius 2 is 2.11 bits per heavy atom. The molecule has 0 aliphatic heterocycles. The molecule has 2 atom stereocenters. The van der Waals surface area contributed by atoms with Gasteiger partial charge in [0.25, 0.3) is 0 Å². The highest BCUT2D eigenvalue weighted by molar-refractivity contribution is 5.12. The molecule has 0 aliphatic rings. The van der Waals surface area contributed by atoms with E-state index in [0.29, 0.717) is 0 Å². The van der Waals surface area contributed by atoms with Crippen LogP contribution in [-0.2, 0) is 6.54 Å². The molecule has 2 aromatic heterocycles. The molecule has 0 saturated heterocycles. The van der Waals surface area contributed by atoms with Gasteiger partial charge in [0.05, 0.1) is 18.0 Å². The molecule has 0 fully saturated rings. The first-order valence-corrected chi connectivity index (χ1v) is 6.49. The van der Waals surface area contributed by atoms with E-state index in [1.165, 1.54) is 0 Å². The molecule has 4 heteroatoms. The van der Waals surface area contributed by atoms with E-state index in [0.717, 1.165) is 23.7 Å². The van der Waals surface area contributed by atoms with Crippen LogP contribution in [0.25, 0.3) is 0 Å². The number of nitrogens with two attached hydrogens (primary N) is 1. The van der Waals surface area contributed by atoms with Crippen LogP contribution in [0.4, 0.5) is 0 Å². The standard InChI is InChI=1S/C15H21N3O/c1-11-6-4-7-13(17-11)10-18(3)15(12(2)16)14-8-5-9-19-14/h4-9,12,15H,10,16H2,1-3H3. The monoisotopic (exact) mass is 259 g/mol. The summed E-state index contributed by atoms with van der Waals surface area (Å²) in [4.78, 5) is 6.70. The first-order chi connectivity index (χ1) is 9.08. The number of furan rings is 1. The third kappa shape index (κ3) is 3.43. The molecule has 2 heterocycles. The van der Waals surface area contributed by atoms with E-state index >= 15 is 0 Å². The van der Waals surface area contributed by atoms with Crippen molar-refractivity contribution in [2.45, 2.75) is 32.5 Å². The maximum absolute atomic E-state index is 6.09. The molecule has 0 aliphatic carbocycles. The van der Waals surface area contributed by atoms with Gasteiger partial charge in [0.2, 0.25) is 0 Å². The highest BCUT2D eigenvalue weighted by Gasteiger charge is 2.23. The summed E-state index contributed by atoms with van der Waals surface area (Å²) in [6.45, 7) is 4.74. The van der Waals surface area contributed by atoms with Crippen molar-refractivity contribution in [3.8, 4) is 0 Å². The second-order valence-corrected chi connectivity index (χ2v) is 5.00. The molecule has 0 radical (unpaired) electrons. The Morgan fingerprint density at radius 3 is 2.68 bits per heavy atom. The maximum atomic E-state index is 6.09. The van der Waals surface area contributed by atoms with E-state index in [-0.39, 0.29) is 12.1 Å². The van der Waals surface area contributed by atoms with E-state index in [9.17, 15) is 0 Å². The number of pyridine rings is 1. The lowest BCUT2D eigenvalue weighted by molar-refractivity contribution is 0.182. The van der Waals surface area contributed by atoms with E-state index in [4.69, 9.17) is 10.2 Å². The zero-order valence-corrected chi connectivity index (χ0v) is 11.7. The van der Waals surface area contributed by atoms with Crippen molar-refractivity contribution < 1.29 is 4.42 Å². The lowest BCUT2D eigenvalue weighted by Gasteiger charge is -2.29. The van der Waals surface area contributed by atoms with Gasteiger partial charge in [-0.2, -0.15) is 0 Å². The normalized spacial score (nSPS) is 14.6. The maximum Gasteiger partial charge on any atom is 0.122 e. The van der Waals surface area contributed by atoms with Crippen LogP contribution in [0.2, 0.25) is 0 Å². The van der Waals surface area contributed by atoms with Gasteiger partial charge in [0.1, 0.15) is 5.76 Å². The topological polar surface area (TPSA) is 55.3 Å². The summed E-state index contributed by atoms with van der Waals surface area (Å²) in [6, 6.07) is 9.96. The highest BCUT2D eigenvalue weighted by Crippen LogP contribution is 2.23. The fraction of sp³-hybridized carbons (Fsp3) is 0.400. The number of rotatable bonds is 5. The van der Waals surface area contributed by atoms with Crippen molar-refractivity contribution >= 4 is 0 Å². The van der Waals surface area contributed by atoms with Crippen LogP contribution in [0, 0.1) is 6.92 Å². The summed E-state index contributed by atoms with van der Waals surface area (Å²) in [5.74, 6) is 0.894. The predicted octanol–water partition coefficient (Wildman–Crippen LogP) is 2.50. The number of hydrogen-bond donors (Lipinski definition) is 1. The van der Waals surface area contributed by atoms with E-state index in [1.807, 2.05) is 51.2 Å². The minimum atomic E-state index is -0.0130.